The van der Waals surface area contributed by atoms with Gasteiger partial charge in [-0.2, -0.15) is 0 Å². The first-order chi connectivity index (χ1) is 10.2. The molecule has 0 aliphatic heterocycles. The topological polar surface area (TPSA) is 25.2 Å². The number of hydrogen-bond acceptors (Lipinski definition) is 2. The maximum atomic E-state index is 5.96. The van der Waals surface area contributed by atoms with E-state index in [1.54, 1.807) is 0 Å². The molecule has 1 N–H and O–H groups in total. The molecule has 1 aromatic carbocycles. The predicted octanol–water partition coefficient (Wildman–Crippen LogP) is 5.15. The molecule has 2 rings (SSSR count). The smallest absolute Gasteiger partial charge is 0.193 e. The van der Waals surface area contributed by atoms with Crippen LogP contribution in [0.3, 0.4) is 0 Å². The lowest BCUT2D eigenvalue weighted by Crippen LogP contribution is -2.24. The minimum atomic E-state index is 0.0684. The zero-order valence-electron chi connectivity index (χ0n) is 13.1. The number of rotatable bonds is 7. The van der Waals surface area contributed by atoms with Crippen molar-refractivity contribution in [3.63, 3.8) is 0 Å². The Morgan fingerprint density at radius 2 is 1.90 bits per heavy atom. The molecule has 0 fully saturated rings. The van der Waals surface area contributed by atoms with Crippen molar-refractivity contribution < 1.29 is 4.42 Å². The Balaban J connectivity index is 2.44. The quantitative estimate of drug-likeness (QED) is 0.765. The fourth-order valence-corrected chi connectivity index (χ4v) is 2.74. The molecule has 21 heavy (non-hydrogen) atoms. The van der Waals surface area contributed by atoms with Gasteiger partial charge in [-0.1, -0.05) is 39.0 Å². The van der Waals surface area contributed by atoms with Crippen LogP contribution in [0.4, 0.5) is 0 Å². The fraction of sp³-hybridized carbons (Fsp3) is 0.444. The Hall–Kier alpha value is -1.25. The summed E-state index contributed by atoms with van der Waals surface area (Å²) in [5, 5.41) is 4.03. The third-order valence-electron chi connectivity index (χ3n) is 3.79. The van der Waals surface area contributed by atoms with Crippen molar-refractivity contribution in [2.75, 3.05) is 6.54 Å². The Labute approximate surface area is 132 Å². The third-order valence-corrected chi connectivity index (χ3v) is 3.99. The van der Waals surface area contributed by atoms with Gasteiger partial charge in [0, 0.05) is 0 Å². The van der Waals surface area contributed by atoms with Gasteiger partial charge in [-0.05, 0) is 66.2 Å². The lowest BCUT2D eigenvalue weighted by Gasteiger charge is -2.21. The molecular weight excluding hydrogens is 282 g/mol. The molecule has 1 atom stereocenters. The van der Waals surface area contributed by atoms with Crippen LogP contribution in [0.25, 0.3) is 0 Å². The predicted molar refractivity (Wildman–Crippen MR) is 89.1 cm³/mol. The van der Waals surface area contributed by atoms with Crippen LogP contribution < -0.4 is 5.32 Å². The van der Waals surface area contributed by atoms with Gasteiger partial charge >= 0.3 is 0 Å². The molecule has 0 aliphatic rings. The van der Waals surface area contributed by atoms with Gasteiger partial charge in [-0.3, -0.25) is 0 Å². The molecule has 0 aliphatic carbocycles. The van der Waals surface area contributed by atoms with E-state index in [1.165, 1.54) is 16.7 Å². The zero-order chi connectivity index (χ0) is 15.2. The number of nitrogens with one attached hydrogen (secondary N) is 1. The molecule has 1 unspecified atom stereocenters. The maximum Gasteiger partial charge on any atom is 0.193 e. The standard InChI is InChI=1S/C18H24ClNO/c1-4-11-20-18(16-9-10-17(19)21-16)15-12-13(5-2)7-8-14(15)6-3/h7-10,12,18,20H,4-6,11H2,1-3H3. The minimum Gasteiger partial charge on any atom is -0.448 e. The third kappa shape index (κ3) is 3.90. The highest BCUT2D eigenvalue weighted by molar-refractivity contribution is 6.28. The van der Waals surface area contributed by atoms with Gasteiger partial charge < -0.3 is 9.73 Å². The molecule has 0 radical (unpaired) electrons. The van der Waals surface area contributed by atoms with E-state index in [0.717, 1.165) is 31.6 Å². The van der Waals surface area contributed by atoms with Crippen molar-refractivity contribution >= 4 is 11.6 Å². The lowest BCUT2D eigenvalue weighted by atomic mass is 9.94. The molecule has 114 valence electrons. The number of hydrogen-bond donors (Lipinski definition) is 1. The largest absolute Gasteiger partial charge is 0.448 e. The van der Waals surface area contributed by atoms with Crippen LogP contribution in [0.2, 0.25) is 5.22 Å². The normalized spacial score (nSPS) is 12.6. The maximum absolute atomic E-state index is 5.96. The van der Waals surface area contributed by atoms with Crippen LogP contribution >= 0.6 is 11.6 Å². The summed E-state index contributed by atoms with van der Waals surface area (Å²) in [6.45, 7) is 7.49. The Bertz CT molecular complexity index is 576. The summed E-state index contributed by atoms with van der Waals surface area (Å²) in [5.74, 6) is 0.886. The summed E-state index contributed by atoms with van der Waals surface area (Å²) >= 11 is 5.96. The second kappa shape index (κ2) is 7.67. The number of halogens is 1. The summed E-state index contributed by atoms with van der Waals surface area (Å²) < 4.78 is 5.67. The summed E-state index contributed by atoms with van der Waals surface area (Å²) in [7, 11) is 0. The second-order valence-electron chi connectivity index (χ2n) is 5.27. The first-order valence-corrected chi connectivity index (χ1v) is 8.17. The van der Waals surface area contributed by atoms with Gasteiger partial charge in [0.15, 0.2) is 5.22 Å². The minimum absolute atomic E-state index is 0.0684. The van der Waals surface area contributed by atoms with Crippen molar-refractivity contribution in [2.24, 2.45) is 0 Å². The summed E-state index contributed by atoms with van der Waals surface area (Å²) in [6, 6.07) is 10.6. The van der Waals surface area contributed by atoms with E-state index < -0.39 is 0 Å². The highest BCUT2D eigenvalue weighted by atomic mass is 35.5. The molecule has 2 aromatic rings. The van der Waals surface area contributed by atoms with Gasteiger partial charge in [0.25, 0.3) is 0 Å². The summed E-state index contributed by atoms with van der Waals surface area (Å²) in [4.78, 5) is 0. The first kappa shape index (κ1) is 16.1. The molecule has 2 nitrogen and oxygen atoms in total. The monoisotopic (exact) mass is 305 g/mol. The fourth-order valence-electron chi connectivity index (χ4n) is 2.59. The Morgan fingerprint density at radius 1 is 1.10 bits per heavy atom. The van der Waals surface area contributed by atoms with Gasteiger partial charge in [0.05, 0.1) is 6.04 Å². The van der Waals surface area contributed by atoms with Crippen molar-refractivity contribution in [3.05, 3.63) is 58.0 Å². The van der Waals surface area contributed by atoms with Crippen LogP contribution in [0.5, 0.6) is 0 Å². The van der Waals surface area contributed by atoms with E-state index in [9.17, 15) is 0 Å². The van der Waals surface area contributed by atoms with Crippen molar-refractivity contribution in [1.29, 1.82) is 0 Å². The summed E-state index contributed by atoms with van der Waals surface area (Å²) in [5.41, 5.74) is 4.01. The van der Waals surface area contributed by atoms with Crippen LogP contribution in [0, 0.1) is 0 Å². The average molecular weight is 306 g/mol. The van der Waals surface area contributed by atoms with Crippen molar-refractivity contribution in [2.45, 2.75) is 46.1 Å². The molecule has 0 bridgehead atoms. The molecule has 0 saturated carbocycles. The van der Waals surface area contributed by atoms with Crippen molar-refractivity contribution in [3.8, 4) is 0 Å². The molecule has 1 heterocycles. The molecule has 0 spiro atoms. The number of aryl methyl sites for hydroxylation is 2. The van der Waals surface area contributed by atoms with Crippen LogP contribution in [-0.2, 0) is 12.8 Å². The van der Waals surface area contributed by atoms with Crippen LogP contribution in [-0.4, -0.2) is 6.54 Å². The number of benzene rings is 1. The highest BCUT2D eigenvalue weighted by Crippen LogP contribution is 2.29. The molecule has 3 heteroatoms. The SMILES string of the molecule is CCCNC(c1ccc(Cl)o1)c1cc(CC)ccc1CC. The van der Waals surface area contributed by atoms with Crippen LogP contribution in [0.15, 0.2) is 34.7 Å². The van der Waals surface area contributed by atoms with E-state index >= 15 is 0 Å². The Morgan fingerprint density at radius 3 is 2.48 bits per heavy atom. The van der Waals surface area contributed by atoms with Crippen LogP contribution in [0.1, 0.15) is 55.7 Å². The van der Waals surface area contributed by atoms with Gasteiger partial charge in [-0.15, -0.1) is 0 Å². The van der Waals surface area contributed by atoms with Gasteiger partial charge in [-0.25, -0.2) is 0 Å². The molecular formula is C18H24ClNO. The second-order valence-corrected chi connectivity index (χ2v) is 5.64. The first-order valence-electron chi connectivity index (χ1n) is 7.79. The molecule has 1 aromatic heterocycles. The average Bonchev–Trinajstić information content (AvgIpc) is 2.93. The number of furan rings is 1. The van der Waals surface area contributed by atoms with Gasteiger partial charge in [0.1, 0.15) is 5.76 Å². The zero-order valence-corrected chi connectivity index (χ0v) is 13.8. The molecule has 0 amide bonds. The summed E-state index contributed by atoms with van der Waals surface area (Å²) in [6.07, 6.45) is 3.13. The van der Waals surface area contributed by atoms with Crippen molar-refractivity contribution in [1.82, 2.24) is 5.32 Å². The van der Waals surface area contributed by atoms with E-state index in [4.69, 9.17) is 16.0 Å². The van der Waals surface area contributed by atoms with E-state index in [2.05, 4.69) is 44.3 Å². The van der Waals surface area contributed by atoms with E-state index in [-0.39, 0.29) is 6.04 Å². The molecule has 0 saturated heterocycles. The highest BCUT2D eigenvalue weighted by Gasteiger charge is 2.20. The lowest BCUT2D eigenvalue weighted by molar-refractivity contribution is 0.446. The Kier molecular flexibility index (Phi) is 5.89. The van der Waals surface area contributed by atoms with E-state index in [0.29, 0.717) is 5.22 Å². The van der Waals surface area contributed by atoms with E-state index in [1.807, 2.05) is 12.1 Å². The van der Waals surface area contributed by atoms with Gasteiger partial charge in [0.2, 0.25) is 0 Å².